The fourth-order valence-electron chi connectivity index (χ4n) is 1.34. The summed E-state index contributed by atoms with van der Waals surface area (Å²) in [7, 11) is 1.50. The second-order valence-corrected chi connectivity index (χ2v) is 3.79. The molecule has 0 saturated carbocycles. The molecular weight excluding hydrogens is 246 g/mol. The Labute approximate surface area is 101 Å². The second-order valence-electron chi connectivity index (χ2n) is 3.35. The molecule has 1 aromatic carbocycles. The SMILES string of the molecule is C[n+]1[nH]oc(=O)c1C(=O)Nc1cccc(Cl)c1. The summed E-state index contributed by atoms with van der Waals surface area (Å²) in [6.07, 6.45) is 0. The molecule has 0 radical (unpaired) electrons. The van der Waals surface area contributed by atoms with Gasteiger partial charge in [0, 0.05) is 10.7 Å². The van der Waals surface area contributed by atoms with Crippen LogP contribution in [-0.2, 0) is 7.05 Å². The highest BCUT2D eigenvalue weighted by Crippen LogP contribution is 2.14. The number of amides is 1. The van der Waals surface area contributed by atoms with E-state index in [1.54, 1.807) is 24.3 Å². The van der Waals surface area contributed by atoms with Crippen LogP contribution >= 0.6 is 11.6 Å². The zero-order valence-corrected chi connectivity index (χ0v) is 9.62. The summed E-state index contributed by atoms with van der Waals surface area (Å²) >= 11 is 5.77. The minimum atomic E-state index is -0.730. The van der Waals surface area contributed by atoms with E-state index < -0.39 is 11.5 Å². The monoisotopic (exact) mass is 254 g/mol. The molecule has 2 rings (SSSR count). The van der Waals surface area contributed by atoms with Crippen LogP contribution in [0.4, 0.5) is 5.69 Å². The summed E-state index contributed by atoms with van der Waals surface area (Å²) < 4.78 is 5.67. The normalized spacial score (nSPS) is 10.2. The topological polar surface area (TPSA) is 79.0 Å². The minimum Gasteiger partial charge on any atom is -0.316 e. The van der Waals surface area contributed by atoms with Gasteiger partial charge in [-0.1, -0.05) is 22.3 Å². The van der Waals surface area contributed by atoms with Crippen molar-refractivity contribution in [1.82, 2.24) is 5.27 Å². The lowest BCUT2D eigenvalue weighted by atomic mass is 10.3. The van der Waals surface area contributed by atoms with Crippen LogP contribution in [0.1, 0.15) is 10.5 Å². The molecule has 2 aromatic rings. The van der Waals surface area contributed by atoms with Gasteiger partial charge in [-0.05, 0) is 23.5 Å². The molecule has 2 N–H and O–H groups in total. The van der Waals surface area contributed by atoms with Crippen molar-refractivity contribution >= 4 is 23.2 Å². The first-order valence-electron chi connectivity index (χ1n) is 4.72. The molecule has 0 fully saturated rings. The quantitative estimate of drug-likeness (QED) is 0.775. The fraction of sp³-hybridized carbons (Fsp3) is 0.100. The van der Waals surface area contributed by atoms with E-state index in [1.807, 2.05) is 0 Å². The van der Waals surface area contributed by atoms with Gasteiger partial charge in [0.25, 0.3) is 0 Å². The fourth-order valence-corrected chi connectivity index (χ4v) is 1.53. The number of aromatic amines is 1. The lowest BCUT2D eigenvalue weighted by molar-refractivity contribution is -0.741. The van der Waals surface area contributed by atoms with E-state index in [2.05, 4.69) is 15.1 Å². The summed E-state index contributed by atoms with van der Waals surface area (Å²) in [6, 6.07) is 6.62. The van der Waals surface area contributed by atoms with Gasteiger partial charge in [-0.25, -0.2) is 4.79 Å². The largest absolute Gasteiger partial charge is 0.440 e. The number of carbonyl (C=O) groups is 1. The number of rotatable bonds is 2. The average molecular weight is 255 g/mol. The van der Waals surface area contributed by atoms with E-state index in [0.717, 1.165) is 0 Å². The summed E-state index contributed by atoms with van der Waals surface area (Å²) in [6.45, 7) is 0. The highest BCUT2D eigenvalue weighted by molar-refractivity contribution is 6.30. The number of H-pyrrole nitrogens is 1. The molecule has 0 aliphatic carbocycles. The Morgan fingerprint density at radius 2 is 2.29 bits per heavy atom. The molecule has 0 saturated heterocycles. The number of benzene rings is 1. The number of nitrogens with one attached hydrogen (secondary N) is 2. The van der Waals surface area contributed by atoms with Gasteiger partial charge >= 0.3 is 17.2 Å². The highest BCUT2D eigenvalue weighted by Gasteiger charge is 2.26. The van der Waals surface area contributed by atoms with Gasteiger partial charge < -0.3 is 5.32 Å². The van der Waals surface area contributed by atoms with E-state index in [-0.39, 0.29) is 5.69 Å². The Morgan fingerprint density at radius 3 is 2.88 bits per heavy atom. The molecule has 0 aliphatic rings. The van der Waals surface area contributed by atoms with Crippen LogP contribution < -0.4 is 15.6 Å². The molecular formula is C10H9ClN3O3+. The Balaban J connectivity index is 2.26. The first-order valence-corrected chi connectivity index (χ1v) is 5.10. The molecule has 0 spiro atoms. The van der Waals surface area contributed by atoms with Gasteiger partial charge in [-0.3, -0.25) is 9.32 Å². The van der Waals surface area contributed by atoms with E-state index in [4.69, 9.17) is 11.6 Å². The van der Waals surface area contributed by atoms with Crippen molar-refractivity contribution in [1.29, 1.82) is 0 Å². The number of carbonyl (C=O) groups excluding carboxylic acids is 1. The number of hydrogen-bond acceptors (Lipinski definition) is 3. The van der Waals surface area contributed by atoms with Crippen molar-refractivity contribution in [3.8, 4) is 0 Å². The minimum absolute atomic E-state index is 0.120. The summed E-state index contributed by atoms with van der Waals surface area (Å²) in [5, 5.41) is 5.29. The van der Waals surface area contributed by atoms with Gasteiger partial charge in [-0.15, -0.1) is 0 Å². The standard InChI is InChI=1S/C10H8ClN3O3/c1-14-8(10(16)17-13-14)9(15)12-7-4-2-3-6(11)5-7/h2-5H,1H3,(H-,12,13,15,16)/p+1. The van der Waals surface area contributed by atoms with Gasteiger partial charge in [0.05, 0.1) is 0 Å². The second kappa shape index (κ2) is 4.42. The van der Waals surface area contributed by atoms with Crippen LogP contribution in [0.2, 0.25) is 5.02 Å². The number of anilines is 1. The molecule has 1 amide bonds. The van der Waals surface area contributed by atoms with E-state index in [0.29, 0.717) is 10.7 Å². The number of aromatic nitrogens is 2. The molecule has 1 heterocycles. The maximum Gasteiger partial charge on any atom is 0.440 e. The zero-order valence-electron chi connectivity index (χ0n) is 8.86. The molecule has 0 atom stereocenters. The molecule has 17 heavy (non-hydrogen) atoms. The molecule has 6 nitrogen and oxygen atoms in total. The van der Waals surface area contributed by atoms with Crippen molar-refractivity contribution in [2.24, 2.45) is 7.05 Å². The van der Waals surface area contributed by atoms with E-state index >= 15 is 0 Å². The van der Waals surface area contributed by atoms with Crippen molar-refractivity contribution in [2.45, 2.75) is 0 Å². The smallest absolute Gasteiger partial charge is 0.316 e. The predicted molar refractivity (Wildman–Crippen MR) is 59.9 cm³/mol. The molecule has 88 valence electrons. The Kier molecular flexibility index (Phi) is 2.97. The third kappa shape index (κ3) is 2.36. The van der Waals surface area contributed by atoms with Gasteiger partial charge in [-0.2, -0.15) is 0 Å². The van der Waals surface area contributed by atoms with E-state index in [1.165, 1.54) is 11.7 Å². The number of halogens is 1. The van der Waals surface area contributed by atoms with Crippen LogP contribution in [0, 0.1) is 0 Å². The van der Waals surface area contributed by atoms with Gasteiger partial charge in [0.1, 0.15) is 0 Å². The number of aryl methyl sites for hydroxylation is 1. The Morgan fingerprint density at radius 1 is 1.53 bits per heavy atom. The zero-order chi connectivity index (χ0) is 12.4. The van der Waals surface area contributed by atoms with Crippen LogP contribution in [0.5, 0.6) is 0 Å². The van der Waals surface area contributed by atoms with Gasteiger partial charge in [0.15, 0.2) is 7.05 Å². The van der Waals surface area contributed by atoms with E-state index in [9.17, 15) is 9.59 Å². The molecule has 0 unspecified atom stereocenters. The van der Waals surface area contributed by atoms with Crippen molar-refractivity contribution < 1.29 is 14.0 Å². The average Bonchev–Trinajstić information content (AvgIpc) is 2.58. The lowest BCUT2D eigenvalue weighted by Crippen LogP contribution is -2.41. The van der Waals surface area contributed by atoms with Gasteiger partial charge in [0.2, 0.25) is 0 Å². The van der Waals surface area contributed by atoms with Crippen molar-refractivity contribution in [3.05, 3.63) is 45.4 Å². The third-order valence-electron chi connectivity index (χ3n) is 2.10. The molecule has 1 aromatic heterocycles. The number of hydrogen-bond donors (Lipinski definition) is 2. The van der Waals surface area contributed by atoms with Crippen molar-refractivity contribution in [2.75, 3.05) is 5.32 Å². The van der Waals surface area contributed by atoms with Crippen LogP contribution in [-0.4, -0.2) is 11.2 Å². The highest BCUT2D eigenvalue weighted by atomic mass is 35.5. The summed E-state index contributed by atoms with van der Waals surface area (Å²) in [5.74, 6) is -0.565. The summed E-state index contributed by atoms with van der Waals surface area (Å²) in [4.78, 5) is 23.0. The molecule has 0 aliphatic heterocycles. The van der Waals surface area contributed by atoms with Crippen LogP contribution in [0.3, 0.4) is 0 Å². The maximum absolute atomic E-state index is 11.8. The summed E-state index contributed by atoms with van der Waals surface area (Å²) in [5.41, 5.74) is -0.347. The Hall–Kier alpha value is -2.08. The third-order valence-corrected chi connectivity index (χ3v) is 2.34. The first-order chi connectivity index (χ1) is 8.08. The number of nitrogens with zero attached hydrogens (tertiary/aromatic N) is 1. The van der Waals surface area contributed by atoms with Crippen molar-refractivity contribution in [3.63, 3.8) is 0 Å². The lowest BCUT2D eigenvalue weighted by Gasteiger charge is -2.00. The molecule has 0 bridgehead atoms. The maximum atomic E-state index is 11.8. The van der Waals surface area contributed by atoms with Crippen LogP contribution in [0.25, 0.3) is 0 Å². The Bertz CT molecular complexity index is 617. The van der Waals surface area contributed by atoms with Crippen LogP contribution in [0.15, 0.2) is 33.6 Å². The molecule has 7 heteroatoms. The first kappa shape index (κ1) is 11.4. The predicted octanol–water partition coefficient (Wildman–Crippen LogP) is 0.698.